The molecule has 0 saturated carbocycles. The second-order valence-corrected chi connectivity index (χ2v) is 4.18. The van der Waals surface area contributed by atoms with Gasteiger partial charge in [0.2, 0.25) is 0 Å². The van der Waals surface area contributed by atoms with Crippen LogP contribution in [0.15, 0.2) is 0 Å². The van der Waals surface area contributed by atoms with E-state index in [9.17, 15) is 0 Å². The fourth-order valence-corrected chi connectivity index (χ4v) is 0. The molecule has 0 fully saturated rings. The summed E-state index contributed by atoms with van der Waals surface area (Å²) in [6.07, 6.45) is 0. The van der Waals surface area contributed by atoms with Crippen LogP contribution in [-0.2, 0) is 0 Å². The van der Waals surface area contributed by atoms with E-state index in [1.807, 2.05) is 0 Å². The predicted octanol–water partition coefficient (Wildman–Crippen LogP) is -2.53. The third kappa shape index (κ3) is 59.4. The quantitative estimate of drug-likeness (QED) is 0.252. The van der Waals surface area contributed by atoms with Crippen LogP contribution >= 0.6 is 0 Å². The molecule has 0 aliphatic carbocycles. The van der Waals surface area contributed by atoms with Gasteiger partial charge in [0.25, 0.3) is 0 Å². The zero-order valence-corrected chi connectivity index (χ0v) is 7.69. The molecule has 0 aliphatic heterocycles. The minimum absolute atomic E-state index is 0. The molecule has 3 heteroatoms. The molecule has 0 nitrogen and oxygen atoms in total. The van der Waals surface area contributed by atoms with Crippen LogP contribution in [0.4, 0.5) is 0 Å². The molecule has 0 N–H and O–H groups in total. The normalized spacial score (nSPS) is 6.00. The third-order valence-electron chi connectivity index (χ3n) is 0. The van der Waals surface area contributed by atoms with E-state index in [1.165, 1.54) is 0 Å². The Hall–Kier alpha value is 1.27. The van der Waals surface area contributed by atoms with Crippen molar-refractivity contribution in [2.45, 2.75) is 13.1 Å². The topological polar surface area (TPSA) is 0 Å². The average Bonchev–Trinajstić information content (AvgIpc) is 0.811. The first-order valence-electron chi connectivity index (χ1n) is 1.56. The predicted molar refractivity (Wildman–Crippen MR) is 30.0 cm³/mol. The van der Waals surface area contributed by atoms with Gasteiger partial charge in [-0.25, -0.2) is 0 Å². The molecule has 0 aromatic rings. The van der Waals surface area contributed by atoms with Crippen molar-refractivity contribution in [3.8, 4) is 0 Å². The molecule has 0 aromatic heterocycles. The largest absolute Gasteiger partial charge is 2.00 e. The van der Waals surface area contributed by atoms with Gasteiger partial charge in [-0.15, -0.1) is 8.80 Å². The summed E-state index contributed by atoms with van der Waals surface area (Å²) < 4.78 is 0. The molecule has 0 unspecified atom stereocenters. The fraction of sp³-hybridized carbons (Fsp3) is 0.667. The van der Waals surface area contributed by atoms with Crippen molar-refractivity contribution in [3.05, 3.63) is 6.55 Å². The van der Waals surface area contributed by atoms with Gasteiger partial charge < -0.3 is 19.0 Å². The Balaban J connectivity index is -0.0000000450. The molecule has 0 saturated heterocycles. The summed E-state index contributed by atoms with van der Waals surface area (Å²) in [6, 6.07) is 0. The van der Waals surface area contributed by atoms with E-state index in [4.69, 9.17) is 0 Å². The van der Waals surface area contributed by atoms with Gasteiger partial charge in [0.05, 0.1) is 0 Å². The zero-order chi connectivity index (χ0) is 3.58. The van der Waals surface area contributed by atoms with Gasteiger partial charge in [-0.05, 0) is 0 Å². The van der Waals surface area contributed by atoms with E-state index in [-0.39, 0.29) is 44.3 Å². The van der Waals surface area contributed by atoms with Crippen LogP contribution in [0.3, 0.4) is 0 Å². The van der Waals surface area contributed by atoms with Gasteiger partial charge >= 0.3 is 23.1 Å². The Kier molecular flexibility index (Phi) is 25.0. The van der Waals surface area contributed by atoms with Crippen molar-refractivity contribution >= 4 is 31.8 Å². The van der Waals surface area contributed by atoms with Gasteiger partial charge in [-0.1, -0.05) is 13.1 Å². The summed E-state index contributed by atoms with van der Waals surface area (Å²) in [5.74, 6) is 0. The standard InChI is InChI=1S/C3H9Si.ClH.Mg/c1-4(2)3;;/h4H,1H2,2-3H3;1H;/q-1;;+2/p-1. The molecule has 34 valence electrons. The summed E-state index contributed by atoms with van der Waals surface area (Å²) in [7, 11) is -0.389. The summed E-state index contributed by atoms with van der Waals surface area (Å²) in [6.45, 7) is 8.17. The van der Waals surface area contributed by atoms with E-state index in [0.717, 1.165) is 0 Å². The molecule has 0 radical (unpaired) electrons. The average molecular weight is 133 g/mol. The zero-order valence-electron chi connectivity index (χ0n) is 4.37. The number of halogens is 1. The molecular weight excluding hydrogens is 124 g/mol. The van der Waals surface area contributed by atoms with E-state index < -0.39 is 0 Å². The van der Waals surface area contributed by atoms with E-state index in [0.29, 0.717) is 0 Å². The first kappa shape index (κ1) is 15.7. The van der Waals surface area contributed by atoms with Crippen molar-refractivity contribution in [3.63, 3.8) is 0 Å². The molecule has 0 aliphatic rings. The monoisotopic (exact) mass is 132 g/mol. The number of hydrogen-bond donors (Lipinski definition) is 0. The van der Waals surface area contributed by atoms with Gasteiger partial charge in [-0.3, -0.25) is 0 Å². The Morgan fingerprint density at radius 3 is 1.33 bits per heavy atom. The van der Waals surface area contributed by atoms with Crippen LogP contribution in [0.2, 0.25) is 13.1 Å². The Morgan fingerprint density at radius 2 is 1.33 bits per heavy atom. The minimum atomic E-state index is -0.389. The molecule has 0 atom stereocenters. The van der Waals surface area contributed by atoms with Crippen molar-refractivity contribution < 1.29 is 12.4 Å². The van der Waals surface area contributed by atoms with Crippen molar-refractivity contribution in [2.24, 2.45) is 0 Å². The molecular formula is C3H9ClMgSi. The van der Waals surface area contributed by atoms with Gasteiger partial charge in [0.15, 0.2) is 0 Å². The molecule has 0 rings (SSSR count). The van der Waals surface area contributed by atoms with Crippen LogP contribution < -0.4 is 12.4 Å². The molecule has 6 heavy (non-hydrogen) atoms. The van der Waals surface area contributed by atoms with Crippen LogP contribution in [0, 0.1) is 6.55 Å². The molecule has 0 heterocycles. The molecule has 0 aromatic carbocycles. The smallest absolute Gasteiger partial charge is 1.00 e. The minimum Gasteiger partial charge on any atom is -1.00 e. The van der Waals surface area contributed by atoms with Crippen LogP contribution in [0.5, 0.6) is 0 Å². The Morgan fingerprint density at radius 1 is 1.33 bits per heavy atom. The van der Waals surface area contributed by atoms with E-state index in [1.54, 1.807) is 0 Å². The maximum Gasteiger partial charge on any atom is 2.00 e. The fourth-order valence-electron chi connectivity index (χ4n) is 0. The first-order valence-corrected chi connectivity index (χ1v) is 4.69. The summed E-state index contributed by atoms with van der Waals surface area (Å²) in [4.78, 5) is 0. The summed E-state index contributed by atoms with van der Waals surface area (Å²) in [5.41, 5.74) is 0. The van der Waals surface area contributed by atoms with Crippen LogP contribution in [-0.4, -0.2) is 31.8 Å². The first-order chi connectivity index (χ1) is 1.73. The van der Waals surface area contributed by atoms with Crippen LogP contribution in [0.1, 0.15) is 0 Å². The molecule has 0 amide bonds. The van der Waals surface area contributed by atoms with E-state index >= 15 is 0 Å². The summed E-state index contributed by atoms with van der Waals surface area (Å²) >= 11 is 0. The molecule has 0 spiro atoms. The maximum absolute atomic E-state index is 3.78. The Bertz CT molecular complexity index is 15.5. The van der Waals surface area contributed by atoms with E-state index in [2.05, 4.69) is 19.6 Å². The van der Waals surface area contributed by atoms with Gasteiger partial charge in [0, 0.05) is 0 Å². The van der Waals surface area contributed by atoms with Crippen molar-refractivity contribution in [1.29, 1.82) is 0 Å². The third-order valence-corrected chi connectivity index (χ3v) is 0. The van der Waals surface area contributed by atoms with Crippen LogP contribution in [0.25, 0.3) is 0 Å². The number of hydrogen-bond acceptors (Lipinski definition) is 0. The SMILES string of the molecule is [CH2-][SiH](C)C.[Cl-].[Mg+2]. The molecule has 0 bridgehead atoms. The van der Waals surface area contributed by atoms with Gasteiger partial charge in [0.1, 0.15) is 0 Å². The van der Waals surface area contributed by atoms with Crippen molar-refractivity contribution in [2.75, 3.05) is 0 Å². The Labute approximate surface area is 63.9 Å². The van der Waals surface area contributed by atoms with Gasteiger partial charge in [-0.2, -0.15) is 0 Å². The summed E-state index contributed by atoms with van der Waals surface area (Å²) in [5, 5.41) is 0. The van der Waals surface area contributed by atoms with Crippen molar-refractivity contribution in [1.82, 2.24) is 0 Å². The second-order valence-electron chi connectivity index (χ2n) is 1.39. The number of rotatable bonds is 0. The second kappa shape index (κ2) is 9.55. The maximum atomic E-state index is 3.78.